The van der Waals surface area contributed by atoms with E-state index >= 15 is 0 Å². The van der Waals surface area contributed by atoms with E-state index in [2.05, 4.69) is 6.07 Å². The van der Waals surface area contributed by atoms with Crippen molar-refractivity contribution in [2.75, 3.05) is 6.61 Å². The molecule has 0 saturated heterocycles. The molecule has 0 fully saturated rings. The summed E-state index contributed by atoms with van der Waals surface area (Å²) in [5, 5.41) is 11.9. The first kappa shape index (κ1) is 15.5. The Hall–Kier alpha value is -2.43. The van der Waals surface area contributed by atoms with Crippen LogP contribution in [0, 0.1) is 10.1 Å². The van der Waals surface area contributed by atoms with Gasteiger partial charge in [0.1, 0.15) is 0 Å². The molecule has 116 valence electrons. The predicted octanol–water partition coefficient (Wildman–Crippen LogP) is 3.65. The number of carbonyl (C=O) groups is 1. The Labute approximate surface area is 138 Å². The number of non-ortho nitro benzene ring substituents is 1. The number of fused-ring (bicyclic) bond motifs is 1. The topological polar surface area (TPSA) is 69.4 Å². The number of rotatable bonds is 4. The van der Waals surface area contributed by atoms with E-state index in [4.69, 9.17) is 4.74 Å². The summed E-state index contributed by atoms with van der Waals surface area (Å²) in [5.74, 6) is -0.330. The van der Waals surface area contributed by atoms with Crippen LogP contribution in [0.4, 0.5) is 5.69 Å². The second kappa shape index (κ2) is 6.36. The van der Waals surface area contributed by atoms with E-state index in [9.17, 15) is 14.9 Å². The summed E-state index contributed by atoms with van der Waals surface area (Å²) in [6, 6.07) is 14.3. The zero-order valence-corrected chi connectivity index (χ0v) is 14.0. The molecule has 3 aromatic rings. The molecular weight excluding hydrogens is 361 g/mol. The number of ether oxygens (including phenoxy) is 1. The van der Waals surface area contributed by atoms with Gasteiger partial charge in [-0.1, -0.05) is 0 Å². The Morgan fingerprint density at radius 2 is 1.91 bits per heavy atom. The monoisotopic (exact) mass is 375 g/mol. The van der Waals surface area contributed by atoms with Crippen molar-refractivity contribution in [2.45, 2.75) is 6.92 Å². The number of esters is 1. The van der Waals surface area contributed by atoms with Crippen molar-refractivity contribution in [3.8, 4) is 10.0 Å². The predicted molar refractivity (Wildman–Crippen MR) is 88.9 cm³/mol. The number of nitro benzene ring substituents is 1. The minimum atomic E-state index is -0.373. The molecule has 0 bridgehead atoms. The fraction of sp³-hybridized carbons (Fsp3) is 0.118. The molecule has 0 atom stereocenters. The van der Waals surface area contributed by atoms with Crippen LogP contribution in [0.2, 0.25) is 0 Å². The Morgan fingerprint density at radius 3 is 2.57 bits per heavy atom. The Kier molecular flexibility index (Phi) is 4.28. The van der Waals surface area contributed by atoms with Crippen LogP contribution in [-0.2, 0) is 4.74 Å². The first-order valence-corrected chi connectivity index (χ1v) is 8.75. The van der Waals surface area contributed by atoms with Gasteiger partial charge < -0.3 is 0 Å². The van der Waals surface area contributed by atoms with Gasteiger partial charge in [-0.25, -0.2) is 0 Å². The van der Waals surface area contributed by atoms with E-state index in [1.807, 2.05) is 12.1 Å². The summed E-state index contributed by atoms with van der Waals surface area (Å²) >= 11 is 0.0206. The Balaban J connectivity index is 1.93. The summed E-state index contributed by atoms with van der Waals surface area (Å²) < 4.78 is 7.12. The number of carbonyl (C=O) groups excluding carboxylic acids is 1. The van der Waals surface area contributed by atoms with E-state index in [1.54, 1.807) is 31.2 Å². The second-order valence-corrected chi connectivity index (χ2v) is 7.16. The van der Waals surface area contributed by atoms with Crippen molar-refractivity contribution < 1.29 is 14.5 Å². The van der Waals surface area contributed by atoms with Gasteiger partial charge >= 0.3 is 138 Å². The van der Waals surface area contributed by atoms with Gasteiger partial charge in [-0.15, -0.1) is 0 Å². The van der Waals surface area contributed by atoms with Crippen molar-refractivity contribution in [2.24, 2.45) is 0 Å². The summed E-state index contributed by atoms with van der Waals surface area (Å²) in [5.41, 5.74) is 1.67. The van der Waals surface area contributed by atoms with Crippen LogP contribution in [0.5, 0.6) is 0 Å². The molecule has 1 aromatic heterocycles. The van der Waals surface area contributed by atoms with E-state index in [0.29, 0.717) is 12.2 Å². The van der Waals surface area contributed by atoms with E-state index in [0.717, 1.165) is 19.6 Å². The average Bonchev–Trinajstić information content (AvgIpc) is 2.98. The van der Waals surface area contributed by atoms with Gasteiger partial charge in [0.05, 0.1) is 0 Å². The van der Waals surface area contributed by atoms with Gasteiger partial charge in [-0.2, -0.15) is 0 Å². The van der Waals surface area contributed by atoms with E-state index in [-0.39, 0.29) is 31.1 Å². The quantitative estimate of drug-likeness (QED) is 0.303. The third-order valence-electron chi connectivity index (χ3n) is 3.40. The zero-order chi connectivity index (χ0) is 16.4. The third-order valence-corrected chi connectivity index (χ3v) is 5.80. The van der Waals surface area contributed by atoms with Crippen molar-refractivity contribution in [1.82, 2.24) is 0 Å². The van der Waals surface area contributed by atoms with Gasteiger partial charge in [-0.05, 0) is 0 Å². The molecule has 0 radical (unpaired) electrons. The molecule has 0 spiro atoms. The molecule has 0 amide bonds. The molecule has 0 N–H and O–H groups in total. The van der Waals surface area contributed by atoms with Crippen LogP contribution in [0.1, 0.15) is 17.3 Å². The van der Waals surface area contributed by atoms with Crippen LogP contribution in [0.15, 0.2) is 48.5 Å². The van der Waals surface area contributed by atoms with Crippen molar-refractivity contribution in [3.05, 3.63) is 64.2 Å². The molecule has 0 aliphatic heterocycles. The summed E-state index contributed by atoms with van der Waals surface area (Å²) in [6.45, 7) is 2.12. The summed E-state index contributed by atoms with van der Waals surface area (Å²) in [6.07, 6.45) is 0. The average molecular weight is 374 g/mol. The zero-order valence-electron chi connectivity index (χ0n) is 12.3. The Bertz CT molecular complexity index is 883. The number of hydrogen-bond acceptors (Lipinski definition) is 4. The first-order valence-electron chi connectivity index (χ1n) is 7.04. The van der Waals surface area contributed by atoms with Crippen LogP contribution >= 0.6 is 0 Å². The molecule has 5 nitrogen and oxygen atoms in total. The first-order chi connectivity index (χ1) is 11.1. The number of nitro groups is 1. The molecular formula is C17H13NO4Se. The number of nitrogens with zero attached hydrogens (tertiary/aromatic N) is 1. The molecule has 0 saturated carbocycles. The molecule has 23 heavy (non-hydrogen) atoms. The molecule has 0 aliphatic rings. The van der Waals surface area contributed by atoms with Gasteiger partial charge in [-0.3, -0.25) is 0 Å². The second-order valence-electron chi connectivity index (χ2n) is 4.89. The van der Waals surface area contributed by atoms with Crippen molar-refractivity contribution in [3.63, 3.8) is 0 Å². The summed E-state index contributed by atoms with van der Waals surface area (Å²) in [4.78, 5) is 22.1. The molecule has 0 aliphatic carbocycles. The third kappa shape index (κ3) is 3.18. The van der Waals surface area contributed by atoms with Crippen LogP contribution < -0.4 is 0 Å². The molecule has 2 aromatic carbocycles. The normalized spacial score (nSPS) is 10.7. The molecule has 3 rings (SSSR count). The summed E-state index contributed by atoms with van der Waals surface area (Å²) in [7, 11) is 0. The standard InChI is InChI=1S/C17H13NO4Se/c1-2-22-17(19)12-5-3-11(4-6-12)15-9-13-7-8-14(18(20)21)10-16(13)23-15/h3-10H,2H2,1H3. The van der Waals surface area contributed by atoms with Crippen LogP contribution in [0.25, 0.3) is 19.6 Å². The molecule has 6 heteroatoms. The van der Waals surface area contributed by atoms with E-state index < -0.39 is 0 Å². The number of hydrogen-bond donors (Lipinski definition) is 0. The Morgan fingerprint density at radius 1 is 1.17 bits per heavy atom. The SMILES string of the molecule is CCOC(=O)c1ccc(-c2cc3ccc([N+](=O)[O-])cc3[se]2)cc1. The maximum atomic E-state index is 11.7. The fourth-order valence-electron chi connectivity index (χ4n) is 2.26. The van der Waals surface area contributed by atoms with Crippen LogP contribution in [-0.4, -0.2) is 32.0 Å². The van der Waals surface area contributed by atoms with Gasteiger partial charge in [0.2, 0.25) is 0 Å². The van der Waals surface area contributed by atoms with Gasteiger partial charge in [0.15, 0.2) is 0 Å². The van der Waals surface area contributed by atoms with Gasteiger partial charge in [0, 0.05) is 0 Å². The minimum absolute atomic E-state index is 0.0206. The maximum absolute atomic E-state index is 11.7. The van der Waals surface area contributed by atoms with Crippen molar-refractivity contribution in [1.29, 1.82) is 0 Å². The van der Waals surface area contributed by atoms with E-state index in [1.165, 1.54) is 6.07 Å². The molecule has 0 unspecified atom stereocenters. The van der Waals surface area contributed by atoms with Crippen molar-refractivity contribution >= 4 is 35.8 Å². The number of benzene rings is 2. The fourth-order valence-corrected chi connectivity index (χ4v) is 4.57. The molecule has 1 heterocycles. The van der Waals surface area contributed by atoms with Crippen LogP contribution in [0.3, 0.4) is 0 Å². The van der Waals surface area contributed by atoms with Gasteiger partial charge in [0.25, 0.3) is 0 Å².